The lowest BCUT2D eigenvalue weighted by Gasteiger charge is -2.32. The molecule has 3 nitrogen and oxygen atoms in total. The van der Waals surface area contributed by atoms with Crippen molar-refractivity contribution < 1.29 is 18.7 Å². The summed E-state index contributed by atoms with van der Waals surface area (Å²) in [5, 5.41) is 11.7. The molecule has 2 rings (SSSR count). The highest BCUT2D eigenvalue weighted by Crippen LogP contribution is 2.31. The number of anilines is 1. The summed E-state index contributed by atoms with van der Waals surface area (Å²) in [6.45, 7) is 2.07. The third-order valence-electron chi connectivity index (χ3n) is 4.05. The number of hydrogen-bond acceptors (Lipinski definition) is 2. The van der Waals surface area contributed by atoms with Gasteiger partial charge in [0.05, 0.1) is 5.56 Å². The second kappa shape index (κ2) is 6.20. The molecular weight excluding hydrogens is 264 g/mol. The summed E-state index contributed by atoms with van der Waals surface area (Å²) in [6, 6.07) is 1.77. The molecule has 1 aromatic rings. The van der Waals surface area contributed by atoms with E-state index in [1.54, 1.807) is 0 Å². The highest BCUT2D eigenvalue weighted by Gasteiger charge is 2.25. The van der Waals surface area contributed by atoms with Crippen molar-refractivity contribution in [1.29, 1.82) is 0 Å². The van der Waals surface area contributed by atoms with E-state index in [9.17, 15) is 13.6 Å². The van der Waals surface area contributed by atoms with Crippen LogP contribution in [0.2, 0.25) is 0 Å². The lowest BCUT2D eigenvalue weighted by atomic mass is 9.83. The molecule has 2 atom stereocenters. The zero-order chi connectivity index (χ0) is 14.7. The molecular formula is C15H19F2NO2. The number of rotatable bonds is 4. The summed E-state index contributed by atoms with van der Waals surface area (Å²) in [4.78, 5) is 10.8. The standard InChI is InChI=1S/C15H19F2NO2/c1-2-9-5-3-4-6-13(9)18-14-11(16)7-10(15(19)20)8-12(14)17/h7-9,13,18H,2-6H2,1H3,(H,19,20). The van der Waals surface area contributed by atoms with Gasteiger partial charge in [0.1, 0.15) is 17.3 Å². The molecule has 2 N–H and O–H groups in total. The quantitative estimate of drug-likeness (QED) is 0.876. The number of benzene rings is 1. The summed E-state index contributed by atoms with van der Waals surface area (Å²) in [5.41, 5.74) is -0.582. The molecule has 0 bridgehead atoms. The van der Waals surface area contributed by atoms with Crippen molar-refractivity contribution in [2.24, 2.45) is 5.92 Å². The second-order valence-corrected chi connectivity index (χ2v) is 5.32. The highest BCUT2D eigenvalue weighted by atomic mass is 19.1. The maximum atomic E-state index is 13.9. The van der Waals surface area contributed by atoms with E-state index in [1.807, 2.05) is 0 Å². The number of nitrogens with one attached hydrogen (secondary N) is 1. The normalized spacial score (nSPS) is 22.6. The third-order valence-corrected chi connectivity index (χ3v) is 4.05. The SMILES string of the molecule is CCC1CCCCC1Nc1c(F)cc(C(=O)O)cc1F. The molecule has 0 spiro atoms. The van der Waals surface area contributed by atoms with Gasteiger partial charge in [-0.1, -0.05) is 26.2 Å². The lowest BCUT2D eigenvalue weighted by molar-refractivity contribution is 0.0696. The molecule has 0 amide bonds. The van der Waals surface area contributed by atoms with Crippen molar-refractivity contribution in [3.8, 4) is 0 Å². The Kier molecular flexibility index (Phi) is 4.57. The average molecular weight is 283 g/mol. The molecule has 110 valence electrons. The van der Waals surface area contributed by atoms with Gasteiger partial charge in [0.15, 0.2) is 0 Å². The van der Waals surface area contributed by atoms with Crippen molar-refractivity contribution in [3.63, 3.8) is 0 Å². The Morgan fingerprint density at radius 1 is 1.30 bits per heavy atom. The predicted octanol–water partition coefficient (Wildman–Crippen LogP) is 4.04. The smallest absolute Gasteiger partial charge is 0.335 e. The van der Waals surface area contributed by atoms with Gasteiger partial charge in [-0.15, -0.1) is 0 Å². The van der Waals surface area contributed by atoms with Crippen molar-refractivity contribution in [2.45, 2.75) is 45.1 Å². The van der Waals surface area contributed by atoms with Crippen molar-refractivity contribution in [3.05, 3.63) is 29.3 Å². The van der Waals surface area contributed by atoms with E-state index in [0.717, 1.165) is 44.2 Å². The molecule has 0 aromatic heterocycles. The third kappa shape index (κ3) is 3.08. The molecule has 2 unspecified atom stereocenters. The molecule has 1 fully saturated rings. The molecule has 0 saturated heterocycles. The molecule has 20 heavy (non-hydrogen) atoms. The lowest BCUT2D eigenvalue weighted by Crippen LogP contribution is -2.32. The number of hydrogen-bond donors (Lipinski definition) is 2. The first kappa shape index (κ1) is 14.8. The van der Waals surface area contributed by atoms with Crippen molar-refractivity contribution in [2.75, 3.05) is 5.32 Å². The fourth-order valence-corrected chi connectivity index (χ4v) is 2.91. The van der Waals surface area contributed by atoms with Gasteiger partial charge in [-0.3, -0.25) is 0 Å². The van der Waals surface area contributed by atoms with E-state index in [-0.39, 0.29) is 17.3 Å². The number of halogens is 2. The Morgan fingerprint density at radius 3 is 2.45 bits per heavy atom. The van der Waals surface area contributed by atoms with Gasteiger partial charge < -0.3 is 10.4 Å². The molecule has 1 aliphatic rings. The Morgan fingerprint density at radius 2 is 1.90 bits per heavy atom. The van der Waals surface area contributed by atoms with Gasteiger partial charge in [0, 0.05) is 6.04 Å². The minimum atomic E-state index is -1.33. The summed E-state index contributed by atoms with van der Waals surface area (Å²) in [6.07, 6.45) is 5.11. The largest absolute Gasteiger partial charge is 0.478 e. The first-order chi connectivity index (χ1) is 9.52. The fourth-order valence-electron chi connectivity index (χ4n) is 2.91. The molecule has 1 saturated carbocycles. The zero-order valence-corrected chi connectivity index (χ0v) is 11.5. The number of carbonyl (C=O) groups is 1. The zero-order valence-electron chi connectivity index (χ0n) is 11.5. The molecule has 1 aliphatic carbocycles. The van der Waals surface area contributed by atoms with Crippen LogP contribution in [0.3, 0.4) is 0 Å². The van der Waals surface area contributed by atoms with Crippen LogP contribution < -0.4 is 5.32 Å². The van der Waals surface area contributed by atoms with Crippen LogP contribution in [-0.2, 0) is 0 Å². The Labute approximate surface area is 117 Å². The van der Waals surface area contributed by atoms with E-state index < -0.39 is 17.6 Å². The van der Waals surface area contributed by atoms with Crippen LogP contribution in [0.4, 0.5) is 14.5 Å². The minimum absolute atomic E-state index is 0.0495. The predicted molar refractivity (Wildman–Crippen MR) is 73.0 cm³/mol. The van der Waals surface area contributed by atoms with Gasteiger partial charge in [0.25, 0.3) is 0 Å². The monoisotopic (exact) mass is 283 g/mol. The van der Waals surface area contributed by atoms with Gasteiger partial charge in [-0.2, -0.15) is 0 Å². The Balaban J connectivity index is 2.22. The van der Waals surface area contributed by atoms with Crippen LogP contribution in [0.15, 0.2) is 12.1 Å². The molecule has 0 radical (unpaired) electrons. The van der Waals surface area contributed by atoms with E-state index in [4.69, 9.17) is 5.11 Å². The first-order valence-corrected chi connectivity index (χ1v) is 7.01. The van der Waals surface area contributed by atoms with Crippen LogP contribution >= 0.6 is 0 Å². The molecule has 5 heteroatoms. The van der Waals surface area contributed by atoms with Crippen molar-refractivity contribution in [1.82, 2.24) is 0 Å². The maximum absolute atomic E-state index is 13.9. The van der Waals surface area contributed by atoms with Gasteiger partial charge in [0.2, 0.25) is 0 Å². The number of aromatic carboxylic acids is 1. The van der Waals surface area contributed by atoms with Gasteiger partial charge in [-0.25, -0.2) is 13.6 Å². The number of carboxylic acid groups (broad SMARTS) is 1. The second-order valence-electron chi connectivity index (χ2n) is 5.32. The van der Waals surface area contributed by atoms with Crippen LogP contribution in [0, 0.1) is 17.6 Å². The summed E-state index contributed by atoms with van der Waals surface area (Å²) in [7, 11) is 0. The topological polar surface area (TPSA) is 49.3 Å². The molecule has 0 heterocycles. The first-order valence-electron chi connectivity index (χ1n) is 7.01. The highest BCUT2D eigenvalue weighted by molar-refractivity contribution is 5.88. The van der Waals surface area contributed by atoms with E-state index in [0.29, 0.717) is 5.92 Å². The summed E-state index contributed by atoms with van der Waals surface area (Å²) < 4.78 is 27.8. The van der Waals surface area contributed by atoms with Crippen LogP contribution in [0.1, 0.15) is 49.4 Å². The van der Waals surface area contributed by atoms with Crippen LogP contribution in [0.25, 0.3) is 0 Å². The van der Waals surface area contributed by atoms with E-state index in [1.165, 1.54) is 0 Å². The van der Waals surface area contributed by atoms with E-state index in [2.05, 4.69) is 12.2 Å². The molecule has 0 aliphatic heterocycles. The maximum Gasteiger partial charge on any atom is 0.335 e. The van der Waals surface area contributed by atoms with Crippen molar-refractivity contribution >= 4 is 11.7 Å². The Bertz CT molecular complexity index is 482. The van der Waals surface area contributed by atoms with Gasteiger partial charge in [-0.05, 0) is 30.9 Å². The Hall–Kier alpha value is -1.65. The molecule has 1 aromatic carbocycles. The summed E-state index contributed by atoms with van der Waals surface area (Å²) >= 11 is 0. The van der Waals surface area contributed by atoms with Crippen LogP contribution in [-0.4, -0.2) is 17.1 Å². The minimum Gasteiger partial charge on any atom is -0.478 e. The van der Waals surface area contributed by atoms with E-state index >= 15 is 0 Å². The average Bonchev–Trinajstić information content (AvgIpc) is 2.42. The number of carboxylic acids is 1. The fraction of sp³-hybridized carbons (Fsp3) is 0.533. The summed E-state index contributed by atoms with van der Waals surface area (Å²) in [5.74, 6) is -2.62. The van der Waals surface area contributed by atoms with Gasteiger partial charge >= 0.3 is 5.97 Å². The van der Waals surface area contributed by atoms with Crippen LogP contribution in [0.5, 0.6) is 0 Å².